The minimum Gasteiger partial charge on any atom is -0.396 e. The minimum atomic E-state index is -0.667. The van der Waals surface area contributed by atoms with Gasteiger partial charge in [0.05, 0.1) is 11.4 Å². The van der Waals surface area contributed by atoms with E-state index in [2.05, 4.69) is 5.32 Å². The lowest BCUT2D eigenvalue weighted by Crippen LogP contribution is -2.15. The molecule has 0 fully saturated rings. The van der Waals surface area contributed by atoms with E-state index in [1.54, 1.807) is 0 Å². The van der Waals surface area contributed by atoms with Gasteiger partial charge >= 0.3 is 0 Å². The highest BCUT2D eigenvalue weighted by molar-refractivity contribution is 7.99. The van der Waals surface area contributed by atoms with Crippen LogP contribution in [0.15, 0.2) is 18.2 Å². The van der Waals surface area contributed by atoms with Crippen molar-refractivity contribution in [3.63, 3.8) is 0 Å². The molecule has 2 N–H and O–H groups in total. The normalized spacial score (nSPS) is 10.3. The highest BCUT2D eigenvalue weighted by Crippen LogP contribution is 2.15. The van der Waals surface area contributed by atoms with Crippen LogP contribution in [0, 0.1) is 11.6 Å². The van der Waals surface area contributed by atoms with Crippen molar-refractivity contribution in [2.24, 2.45) is 0 Å². The predicted molar refractivity (Wildman–Crippen MR) is 64.0 cm³/mol. The van der Waals surface area contributed by atoms with E-state index in [1.807, 2.05) is 0 Å². The van der Waals surface area contributed by atoms with Crippen LogP contribution in [0.25, 0.3) is 0 Å². The minimum absolute atomic E-state index is 0.0765. The molecule has 0 spiro atoms. The van der Waals surface area contributed by atoms with Gasteiger partial charge in [0.15, 0.2) is 0 Å². The number of halogens is 2. The van der Waals surface area contributed by atoms with Gasteiger partial charge in [-0.05, 0) is 24.3 Å². The van der Waals surface area contributed by atoms with Gasteiger partial charge in [0, 0.05) is 12.7 Å². The van der Waals surface area contributed by atoms with Gasteiger partial charge in [0.2, 0.25) is 5.91 Å². The van der Waals surface area contributed by atoms with Crippen LogP contribution in [0.2, 0.25) is 0 Å². The van der Waals surface area contributed by atoms with Crippen LogP contribution in [0.4, 0.5) is 14.5 Å². The first-order valence-corrected chi connectivity index (χ1v) is 6.22. The van der Waals surface area contributed by atoms with Crippen molar-refractivity contribution in [2.75, 3.05) is 23.4 Å². The number of nitrogens with one attached hydrogen (secondary N) is 1. The van der Waals surface area contributed by atoms with E-state index in [0.717, 1.165) is 18.2 Å². The summed E-state index contributed by atoms with van der Waals surface area (Å²) in [6, 6.07) is 2.89. The van der Waals surface area contributed by atoms with Crippen molar-refractivity contribution in [3.8, 4) is 0 Å². The molecule has 0 heterocycles. The van der Waals surface area contributed by atoms with E-state index in [9.17, 15) is 13.6 Å². The Morgan fingerprint density at radius 2 is 2.18 bits per heavy atom. The summed E-state index contributed by atoms with van der Waals surface area (Å²) in [5.74, 6) is -0.863. The zero-order chi connectivity index (χ0) is 12.7. The van der Waals surface area contributed by atoms with Gasteiger partial charge in [-0.15, -0.1) is 0 Å². The molecule has 1 rings (SSSR count). The zero-order valence-corrected chi connectivity index (χ0v) is 9.90. The lowest BCUT2D eigenvalue weighted by molar-refractivity contribution is -0.113. The maximum Gasteiger partial charge on any atom is 0.234 e. The third kappa shape index (κ3) is 5.14. The van der Waals surface area contributed by atoms with Crippen LogP contribution in [0.1, 0.15) is 6.42 Å². The lowest BCUT2D eigenvalue weighted by atomic mass is 10.3. The fourth-order valence-corrected chi connectivity index (χ4v) is 1.85. The van der Waals surface area contributed by atoms with Gasteiger partial charge < -0.3 is 10.4 Å². The molecule has 0 aliphatic carbocycles. The number of amides is 1. The number of thioether (sulfide) groups is 1. The molecule has 0 saturated heterocycles. The summed E-state index contributed by atoms with van der Waals surface area (Å²) < 4.78 is 26.0. The molecule has 0 unspecified atom stereocenters. The molecule has 17 heavy (non-hydrogen) atoms. The first kappa shape index (κ1) is 13.9. The van der Waals surface area contributed by atoms with Crippen LogP contribution >= 0.6 is 11.8 Å². The summed E-state index contributed by atoms with van der Waals surface area (Å²) in [5, 5.41) is 10.8. The standard InChI is InChI=1S/C11H13F2NO2S/c12-8-2-3-9(13)10(6-8)14-11(16)7-17-5-1-4-15/h2-3,6,15H,1,4-5,7H2,(H,14,16). The van der Waals surface area contributed by atoms with E-state index >= 15 is 0 Å². The average Bonchev–Trinajstić information content (AvgIpc) is 2.29. The molecule has 1 aromatic rings. The smallest absolute Gasteiger partial charge is 0.234 e. The van der Waals surface area contributed by atoms with Crippen molar-refractivity contribution < 1.29 is 18.7 Å². The number of anilines is 1. The number of carbonyl (C=O) groups excluding carboxylic acids is 1. The number of aliphatic hydroxyl groups is 1. The number of hydrogen-bond donors (Lipinski definition) is 2. The van der Waals surface area contributed by atoms with Crippen LogP contribution in [0.3, 0.4) is 0 Å². The Morgan fingerprint density at radius 1 is 1.41 bits per heavy atom. The highest BCUT2D eigenvalue weighted by atomic mass is 32.2. The Bertz CT molecular complexity index is 388. The molecule has 0 radical (unpaired) electrons. The predicted octanol–water partition coefficient (Wildman–Crippen LogP) is 2.02. The van der Waals surface area contributed by atoms with E-state index in [-0.39, 0.29) is 18.0 Å². The monoisotopic (exact) mass is 261 g/mol. The first-order valence-electron chi connectivity index (χ1n) is 5.07. The average molecular weight is 261 g/mol. The lowest BCUT2D eigenvalue weighted by Gasteiger charge is -2.06. The Hall–Kier alpha value is -1.14. The van der Waals surface area contributed by atoms with E-state index in [4.69, 9.17) is 5.11 Å². The first-order chi connectivity index (χ1) is 8.13. The van der Waals surface area contributed by atoms with Crippen LogP contribution in [-0.4, -0.2) is 29.1 Å². The molecule has 0 saturated carbocycles. The Labute approximate surface area is 102 Å². The second kappa shape index (κ2) is 7.24. The zero-order valence-electron chi connectivity index (χ0n) is 9.08. The molecule has 1 amide bonds. The fourth-order valence-electron chi connectivity index (χ4n) is 1.11. The fraction of sp³-hybridized carbons (Fsp3) is 0.364. The Kier molecular flexibility index (Phi) is 5.93. The number of rotatable bonds is 6. The molecule has 0 aromatic heterocycles. The summed E-state index contributed by atoms with van der Waals surface area (Å²) in [6.07, 6.45) is 0.603. The second-order valence-electron chi connectivity index (χ2n) is 3.30. The summed E-state index contributed by atoms with van der Waals surface area (Å²) >= 11 is 1.33. The largest absolute Gasteiger partial charge is 0.396 e. The molecule has 0 atom stereocenters. The maximum absolute atomic E-state index is 13.2. The van der Waals surface area contributed by atoms with Crippen LogP contribution in [0.5, 0.6) is 0 Å². The van der Waals surface area contributed by atoms with Crippen molar-refractivity contribution in [3.05, 3.63) is 29.8 Å². The molecular weight excluding hydrogens is 248 g/mol. The van der Waals surface area contributed by atoms with Gasteiger partial charge in [-0.1, -0.05) is 0 Å². The summed E-state index contributed by atoms with van der Waals surface area (Å²) in [7, 11) is 0. The van der Waals surface area contributed by atoms with E-state index in [1.165, 1.54) is 11.8 Å². The SMILES string of the molecule is O=C(CSCCCO)Nc1cc(F)ccc1F. The topological polar surface area (TPSA) is 49.3 Å². The van der Waals surface area contributed by atoms with Crippen molar-refractivity contribution in [1.82, 2.24) is 0 Å². The third-order valence-electron chi connectivity index (χ3n) is 1.88. The number of aliphatic hydroxyl groups excluding tert-OH is 1. The molecule has 1 aromatic carbocycles. The molecule has 6 heteroatoms. The van der Waals surface area contributed by atoms with Gasteiger partial charge in [-0.3, -0.25) is 4.79 Å². The molecule has 0 aliphatic rings. The summed E-state index contributed by atoms with van der Waals surface area (Å²) in [6.45, 7) is 0.0765. The summed E-state index contributed by atoms with van der Waals surface area (Å²) in [5.41, 5.74) is -0.155. The number of carbonyl (C=O) groups is 1. The number of benzene rings is 1. The molecule has 0 aliphatic heterocycles. The van der Waals surface area contributed by atoms with E-state index in [0.29, 0.717) is 12.2 Å². The molecule has 94 valence electrons. The highest BCUT2D eigenvalue weighted by Gasteiger charge is 2.07. The van der Waals surface area contributed by atoms with Crippen molar-refractivity contribution in [1.29, 1.82) is 0 Å². The Balaban J connectivity index is 2.42. The van der Waals surface area contributed by atoms with Gasteiger partial charge in [0.25, 0.3) is 0 Å². The van der Waals surface area contributed by atoms with Crippen LogP contribution < -0.4 is 5.32 Å². The van der Waals surface area contributed by atoms with Gasteiger partial charge in [-0.25, -0.2) is 8.78 Å². The molecular formula is C11H13F2NO2S. The molecule has 0 bridgehead atoms. The second-order valence-corrected chi connectivity index (χ2v) is 4.41. The summed E-state index contributed by atoms with van der Waals surface area (Å²) in [4.78, 5) is 11.4. The quantitative estimate of drug-likeness (QED) is 0.770. The van der Waals surface area contributed by atoms with Crippen molar-refractivity contribution in [2.45, 2.75) is 6.42 Å². The van der Waals surface area contributed by atoms with Gasteiger partial charge in [-0.2, -0.15) is 11.8 Å². The molecule has 3 nitrogen and oxygen atoms in total. The van der Waals surface area contributed by atoms with Crippen LogP contribution in [-0.2, 0) is 4.79 Å². The van der Waals surface area contributed by atoms with E-state index < -0.39 is 17.5 Å². The Morgan fingerprint density at radius 3 is 2.88 bits per heavy atom. The third-order valence-corrected chi connectivity index (χ3v) is 2.93. The maximum atomic E-state index is 13.2. The van der Waals surface area contributed by atoms with Crippen molar-refractivity contribution >= 4 is 23.4 Å². The number of hydrogen-bond acceptors (Lipinski definition) is 3. The van der Waals surface area contributed by atoms with Gasteiger partial charge in [0.1, 0.15) is 11.6 Å².